The predicted molar refractivity (Wildman–Crippen MR) is 74.4 cm³/mol. The van der Waals surface area contributed by atoms with E-state index in [9.17, 15) is 18.0 Å². The molecule has 114 valence electrons. The predicted octanol–water partition coefficient (Wildman–Crippen LogP) is 4.52. The van der Waals surface area contributed by atoms with Crippen LogP contribution in [0, 0.1) is 0 Å². The summed E-state index contributed by atoms with van der Waals surface area (Å²) >= 11 is 3.07. The molecule has 0 aromatic heterocycles. The maximum atomic E-state index is 12.3. The fraction of sp³-hybridized carbons (Fsp3) is 0.923. The highest BCUT2D eigenvalue weighted by molar-refractivity contribution is 9.09. The van der Waals surface area contributed by atoms with Crippen LogP contribution >= 0.6 is 15.9 Å². The molecule has 0 aliphatic heterocycles. The van der Waals surface area contributed by atoms with Gasteiger partial charge in [-0.05, 0) is 6.42 Å². The molecule has 0 saturated carbocycles. The van der Waals surface area contributed by atoms with E-state index in [0.717, 1.165) is 30.6 Å². The molecule has 0 radical (unpaired) electrons. The molecule has 0 fully saturated rings. The minimum absolute atomic E-state index is 0.105. The Morgan fingerprint density at radius 2 is 1.68 bits per heavy atom. The number of hydrogen-bond acceptors (Lipinski definition) is 1. The van der Waals surface area contributed by atoms with Gasteiger partial charge < -0.3 is 4.90 Å². The normalized spacial score (nSPS) is 11.6. The Morgan fingerprint density at radius 3 is 2.21 bits per heavy atom. The second-order valence-electron chi connectivity index (χ2n) is 4.64. The van der Waals surface area contributed by atoms with E-state index in [-0.39, 0.29) is 13.0 Å². The van der Waals surface area contributed by atoms with E-state index in [4.69, 9.17) is 0 Å². The largest absolute Gasteiger partial charge is 0.406 e. The van der Waals surface area contributed by atoms with Crippen LogP contribution in [0.5, 0.6) is 0 Å². The van der Waals surface area contributed by atoms with E-state index in [1.54, 1.807) is 0 Å². The van der Waals surface area contributed by atoms with Crippen LogP contribution in [-0.4, -0.2) is 35.4 Å². The Kier molecular flexibility index (Phi) is 10.4. The number of carbonyl (C=O) groups excluding carboxylic acids is 1. The highest BCUT2D eigenvalue weighted by Gasteiger charge is 2.32. The first-order valence-corrected chi connectivity index (χ1v) is 7.93. The number of alkyl halides is 4. The van der Waals surface area contributed by atoms with Crippen molar-refractivity contribution in [3.05, 3.63) is 0 Å². The number of rotatable bonds is 10. The van der Waals surface area contributed by atoms with Gasteiger partial charge in [0.1, 0.15) is 6.54 Å². The van der Waals surface area contributed by atoms with Crippen LogP contribution in [0.2, 0.25) is 0 Å². The highest BCUT2D eigenvalue weighted by Crippen LogP contribution is 2.18. The topological polar surface area (TPSA) is 20.3 Å². The summed E-state index contributed by atoms with van der Waals surface area (Å²) in [4.78, 5) is 12.6. The van der Waals surface area contributed by atoms with Gasteiger partial charge in [0.15, 0.2) is 0 Å². The monoisotopic (exact) mass is 345 g/mol. The van der Waals surface area contributed by atoms with Gasteiger partial charge in [-0.3, -0.25) is 4.79 Å². The Balaban J connectivity index is 3.91. The van der Waals surface area contributed by atoms with E-state index in [0.29, 0.717) is 11.8 Å². The van der Waals surface area contributed by atoms with E-state index < -0.39 is 18.6 Å². The summed E-state index contributed by atoms with van der Waals surface area (Å²) < 4.78 is 36.9. The van der Waals surface area contributed by atoms with Crippen molar-refractivity contribution in [2.75, 3.05) is 18.4 Å². The van der Waals surface area contributed by atoms with Crippen LogP contribution in [0.3, 0.4) is 0 Å². The molecule has 0 bridgehead atoms. The third-order valence-corrected chi connectivity index (χ3v) is 3.18. The maximum Gasteiger partial charge on any atom is 0.406 e. The van der Waals surface area contributed by atoms with Crippen molar-refractivity contribution in [2.45, 2.75) is 58.0 Å². The van der Waals surface area contributed by atoms with E-state index in [2.05, 4.69) is 22.9 Å². The summed E-state index contributed by atoms with van der Waals surface area (Å²) in [5, 5.41) is 0.366. The number of carbonyl (C=O) groups is 1. The molecule has 19 heavy (non-hydrogen) atoms. The van der Waals surface area contributed by atoms with Gasteiger partial charge >= 0.3 is 6.18 Å². The number of unbranched alkanes of at least 4 members (excludes halogenated alkanes) is 5. The first kappa shape index (κ1) is 18.7. The SMILES string of the molecule is CCCCCCCCC(=O)N(CCBr)CC(F)(F)F. The molecule has 0 heterocycles. The Labute approximate surface area is 121 Å². The van der Waals surface area contributed by atoms with E-state index >= 15 is 0 Å². The summed E-state index contributed by atoms with van der Waals surface area (Å²) in [6.45, 7) is 1.08. The average Bonchev–Trinajstić information content (AvgIpc) is 2.31. The Bertz CT molecular complexity index is 247. The third-order valence-electron chi connectivity index (χ3n) is 2.82. The van der Waals surface area contributed by atoms with Crippen molar-refractivity contribution in [3.8, 4) is 0 Å². The summed E-state index contributed by atoms with van der Waals surface area (Å²) in [6.07, 6.45) is 2.02. The first-order valence-electron chi connectivity index (χ1n) is 6.81. The fourth-order valence-electron chi connectivity index (χ4n) is 1.83. The van der Waals surface area contributed by atoms with Crippen LogP contribution in [-0.2, 0) is 4.79 Å². The van der Waals surface area contributed by atoms with Gasteiger partial charge in [-0.25, -0.2) is 0 Å². The zero-order valence-corrected chi connectivity index (χ0v) is 13.0. The Hall–Kier alpha value is -0.260. The van der Waals surface area contributed by atoms with Gasteiger partial charge in [0.2, 0.25) is 5.91 Å². The lowest BCUT2D eigenvalue weighted by molar-refractivity contribution is -0.160. The molecule has 0 rings (SSSR count). The molecule has 0 aromatic rings. The summed E-state index contributed by atoms with van der Waals surface area (Å²) in [6, 6.07) is 0. The number of amides is 1. The molecule has 0 aliphatic carbocycles. The molecule has 0 N–H and O–H groups in total. The number of halogens is 4. The number of nitrogens with zero attached hydrogens (tertiary/aromatic N) is 1. The molecule has 0 atom stereocenters. The smallest absolute Gasteiger partial charge is 0.333 e. The van der Waals surface area contributed by atoms with Gasteiger partial charge in [0.25, 0.3) is 0 Å². The van der Waals surface area contributed by atoms with Crippen LogP contribution in [0.15, 0.2) is 0 Å². The van der Waals surface area contributed by atoms with Crippen molar-refractivity contribution in [2.24, 2.45) is 0 Å². The van der Waals surface area contributed by atoms with Crippen LogP contribution in [0.25, 0.3) is 0 Å². The quantitative estimate of drug-likeness (QED) is 0.421. The van der Waals surface area contributed by atoms with E-state index in [1.807, 2.05) is 0 Å². The first-order chi connectivity index (χ1) is 8.90. The lowest BCUT2D eigenvalue weighted by Crippen LogP contribution is -2.40. The standard InChI is InChI=1S/C13H23BrF3NO/c1-2-3-4-5-6-7-8-12(19)18(10-9-14)11-13(15,16)17/h2-11H2,1H3. The van der Waals surface area contributed by atoms with Crippen molar-refractivity contribution in [1.29, 1.82) is 0 Å². The van der Waals surface area contributed by atoms with Crippen LogP contribution in [0.4, 0.5) is 13.2 Å². The second kappa shape index (κ2) is 10.5. The summed E-state index contributed by atoms with van der Waals surface area (Å²) in [5.74, 6) is -0.396. The van der Waals surface area contributed by atoms with E-state index in [1.165, 1.54) is 6.42 Å². The number of hydrogen-bond donors (Lipinski definition) is 0. The molecule has 0 aliphatic rings. The molecule has 1 amide bonds. The van der Waals surface area contributed by atoms with Crippen LogP contribution in [0.1, 0.15) is 51.9 Å². The minimum atomic E-state index is -4.32. The lowest BCUT2D eigenvalue weighted by Gasteiger charge is -2.23. The average molecular weight is 346 g/mol. The molecule has 0 aromatic carbocycles. The van der Waals surface area contributed by atoms with Gasteiger partial charge in [-0.15, -0.1) is 0 Å². The summed E-state index contributed by atoms with van der Waals surface area (Å²) in [5.41, 5.74) is 0. The molecule has 2 nitrogen and oxygen atoms in total. The van der Waals surface area contributed by atoms with Gasteiger partial charge in [0, 0.05) is 18.3 Å². The molecule has 6 heteroatoms. The maximum absolute atomic E-state index is 12.3. The second-order valence-corrected chi connectivity index (χ2v) is 5.43. The van der Waals surface area contributed by atoms with Gasteiger partial charge in [-0.1, -0.05) is 55.0 Å². The molecule has 0 unspecified atom stereocenters. The van der Waals surface area contributed by atoms with Crippen molar-refractivity contribution in [1.82, 2.24) is 4.90 Å². The third kappa shape index (κ3) is 11.3. The van der Waals surface area contributed by atoms with Gasteiger partial charge in [0.05, 0.1) is 0 Å². The van der Waals surface area contributed by atoms with Crippen LogP contribution < -0.4 is 0 Å². The molecule has 0 saturated heterocycles. The molecule has 0 spiro atoms. The highest BCUT2D eigenvalue weighted by atomic mass is 79.9. The zero-order chi connectivity index (χ0) is 14.7. The van der Waals surface area contributed by atoms with Crippen molar-refractivity contribution < 1.29 is 18.0 Å². The van der Waals surface area contributed by atoms with Crippen molar-refractivity contribution in [3.63, 3.8) is 0 Å². The summed E-state index contributed by atoms with van der Waals surface area (Å²) in [7, 11) is 0. The minimum Gasteiger partial charge on any atom is -0.333 e. The van der Waals surface area contributed by atoms with Gasteiger partial charge in [-0.2, -0.15) is 13.2 Å². The zero-order valence-electron chi connectivity index (χ0n) is 11.4. The lowest BCUT2D eigenvalue weighted by atomic mass is 10.1. The molecular weight excluding hydrogens is 323 g/mol. The van der Waals surface area contributed by atoms with Crippen molar-refractivity contribution >= 4 is 21.8 Å². The Morgan fingerprint density at radius 1 is 1.11 bits per heavy atom. The molecular formula is C13H23BrF3NO. The fourth-order valence-corrected chi connectivity index (χ4v) is 2.25.